The third-order valence-corrected chi connectivity index (χ3v) is 4.42. The van der Waals surface area contributed by atoms with Crippen molar-refractivity contribution in [3.8, 4) is 10.7 Å². The molecule has 0 aliphatic heterocycles. The van der Waals surface area contributed by atoms with Gasteiger partial charge in [-0.15, -0.1) is 11.3 Å². The lowest BCUT2D eigenvalue weighted by Gasteiger charge is -2.08. The van der Waals surface area contributed by atoms with Crippen molar-refractivity contribution in [3.05, 3.63) is 45.4 Å². The molecule has 0 amide bonds. The van der Waals surface area contributed by atoms with Crippen molar-refractivity contribution in [3.63, 3.8) is 0 Å². The fourth-order valence-electron chi connectivity index (χ4n) is 1.82. The lowest BCUT2D eigenvalue weighted by Crippen LogP contribution is -2.05. The largest absolute Gasteiger partial charge is 0.416 e. The molecule has 0 atom stereocenters. The Morgan fingerprint density at radius 2 is 1.81 bits per heavy atom. The van der Waals surface area contributed by atoms with Crippen molar-refractivity contribution in [2.45, 2.75) is 6.18 Å². The van der Waals surface area contributed by atoms with E-state index in [1.54, 1.807) is 11.4 Å². The third-order valence-electron chi connectivity index (χ3n) is 2.80. The molecule has 0 saturated heterocycles. The molecule has 21 heavy (non-hydrogen) atoms. The maximum Gasteiger partial charge on any atom is 0.416 e. The highest BCUT2D eigenvalue weighted by Gasteiger charge is 2.30. The van der Waals surface area contributed by atoms with Gasteiger partial charge in [-0.25, -0.2) is 9.97 Å². The number of thiophene rings is 1. The van der Waals surface area contributed by atoms with Crippen LogP contribution in [0.2, 0.25) is 10.2 Å². The number of benzene rings is 1. The summed E-state index contributed by atoms with van der Waals surface area (Å²) in [6, 6.07) is 4.83. The van der Waals surface area contributed by atoms with E-state index in [0.29, 0.717) is 15.3 Å². The van der Waals surface area contributed by atoms with Crippen LogP contribution < -0.4 is 0 Å². The maximum absolute atomic E-state index is 12.8. The summed E-state index contributed by atoms with van der Waals surface area (Å²) in [5, 5.41) is 2.63. The molecule has 8 heteroatoms. The van der Waals surface area contributed by atoms with Gasteiger partial charge in [-0.1, -0.05) is 23.2 Å². The molecule has 0 N–H and O–H groups in total. The predicted molar refractivity (Wildman–Crippen MR) is 77.9 cm³/mol. The number of fused-ring (bicyclic) bond motifs is 1. The van der Waals surface area contributed by atoms with Gasteiger partial charge in [0.25, 0.3) is 0 Å². The summed E-state index contributed by atoms with van der Waals surface area (Å²) < 4.78 is 38.3. The predicted octanol–water partition coefficient (Wildman–Crippen LogP) is 5.68. The average molecular weight is 349 g/mol. The first-order valence-corrected chi connectivity index (χ1v) is 7.27. The number of halogens is 5. The molecule has 2 nitrogen and oxygen atoms in total. The quantitative estimate of drug-likeness (QED) is 0.528. The number of nitrogens with zero attached hydrogens (tertiary/aromatic N) is 2. The SMILES string of the molecule is FC(F)(F)c1ccc2c(Cl)nc(-c3sccc3Cl)nc2c1. The molecule has 2 heterocycles. The van der Waals surface area contributed by atoms with Crippen molar-refractivity contribution < 1.29 is 13.2 Å². The second-order valence-electron chi connectivity index (χ2n) is 4.17. The number of aromatic nitrogens is 2. The first-order valence-electron chi connectivity index (χ1n) is 5.64. The van der Waals surface area contributed by atoms with Gasteiger partial charge in [-0.3, -0.25) is 0 Å². The second-order valence-corrected chi connectivity index (χ2v) is 5.85. The molecule has 1 aromatic carbocycles. The van der Waals surface area contributed by atoms with Gasteiger partial charge in [-0.2, -0.15) is 13.2 Å². The minimum atomic E-state index is -4.44. The fourth-order valence-corrected chi connectivity index (χ4v) is 3.14. The van der Waals surface area contributed by atoms with Crippen LogP contribution in [0.3, 0.4) is 0 Å². The summed E-state index contributed by atoms with van der Waals surface area (Å²) in [7, 11) is 0. The molecule has 0 spiro atoms. The normalized spacial score (nSPS) is 12.0. The van der Waals surface area contributed by atoms with Crippen molar-refractivity contribution in [1.82, 2.24) is 9.97 Å². The Balaban J connectivity index is 2.24. The third kappa shape index (κ3) is 2.71. The van der Waals surface area contributed by atoms with Crippen LogP contribution in [0.1, 0.15) is 5.56 Å². The molecule has 0 saturated carbocycles. The van der Waals surface area contributed by atoms with E-state index in [1.165, 1.54) is 17.4 Å². The lowest BCUT2D eigenvalue weighted by molar-refractivity contribution is -0.137. The highest BCUT2D eigenvalue weighted by Crippen LogP contribution is 2.35. The lowest BCUT2D eigenvalue weighted by atomic mass is 10.1. The first kappa shape index (κ1) is 14.6. The van der Waals surface area contributed by atoms with Crippen LogP contribution in [0, 0.1) is 0 Å². The van der Waals surface area contributed by atoms with Crippen LogP contribution >= 0.6 is 34.5 Å². The summed E-state index contributed by atoms with van der Waals surface area (Å²) in [5.74, 6) is 0.215. The van der Waals surface area contributed by atoms with Crippen molar-refractivity contribution in [2.24, 2.45) is 0 Å². The summed E-state index contributed by atoms with van der Waals surface area (Å²) >= 11 is 13.3. The molecule has 0 aliphatic carbocycles. The Labute approximate surface area is 131 Å². The Morgan fingerprint density at radius 1 is 1.05 bits per heavy atom. The number of alkyl halides is 3. The van der Waals surface area contributed by atoms with Crippen molar-refractivity contribution in [1.29, 1.82) is 0 Å². The van der Waals surface area contributed by atoms with Gasteiger partial charge in [0.15, 0.2) is 5.82 Å². The highest BCUT2D eigenvalue weighted by atomic mass is 35.5. The molecule has 0 aliphatic rings. The highest BCUT2D eigenvalue weighted by molar-refractivity contribution is 7.14. The molecule has 0 bridgehead atoms. The van der Waals surface area contributed by atoms with Crippen LogP contribution in [0.5, 0.6) is 0 Å². The van der Waals surface area contributed by atoms with E-state index in [2.05, 4.69) is 9.97 Å². The Bertz CT molecular complexity index is 830. The van der Waals surface area contributed by atoms with E-state index in [-0.39, 0.29) is 16.5 Å². The zero-order valence-corrected chi connectivity index (χ0v) is 12.4. The molecule has 2 aromatic heterocycles. The van der Waals surface area contributed by atoms with Gasteiger partial charge in [0.1, 0.15) is 5.15 Å². The Morgan fingerprint density at radius 3 is 2.43 bits per heavy atom. The smallest absolute Gasteiger partial charge is 0.227 e. The number of hydrogen-bond acceptors (Lipinski definition) is 3. The molecule has 3 aromatic rings. The van der Waals surface area contributed by atoms with Gasteiger partial charge < -0.3 is 0 Å². The van der Waals surface area contributed by atoms with Crippen LogP contribution in [-0.2, 0) is 6.18 Å². The monoisotopic (exact) mass is 348 g/mol. The van der Waals surface area contributed by atoms with E-state index in [9.17, 15) is 13.2 Å². The molecular formula is C13H5Cl2F3N2S. The molecule has 0 unspecified atom stereocenters. The van der Waals surface area contributed by atoms with Gasteiger partial charge >= 0.3 is 6.18 Å². The van der Waals surface area contributed by atoms with Gasteiger partial charge in [0.05, 0.1) is 21.0 Å². The fraction of sp³-hybridized carbons (Fsp3) is 0.0769. The van der Waals surface area contributed by atoms with Crippen LogP contribution in [0.25, 0.3) is 21.6 Å². The minimum absolute atomic E-state index is 0.0909. The Hall–Kier alpha value is -1.37. The molecule has 0 radical (unpaired) electrons. The maximum atomic E-state index is 12.8. The van der Waals surface area contributed by atoms with Gasteiger partial charge in [-0.05, 0) is 29.6 Å². The van der Waals surface area contributed by atoms with Crippen molar-refractivity contribution in [2.75, 3.05) is 0 Å². The summed E-state index contributed by atoms with van der Waals surface area (Å²) in [4.78, 5) is 8.81. The van der Waals surface area contributed by atoms with Gasteiger partial charge in [0, 0.05) is 5.39 Å². The summed E-state index contributed by atoms with van der Waals surface area (Å²) in [6.45, 7) is 0. The molecule has 108 valence electrons. The van der Waals surface area contributed by atoms with E-state index >= 15 is 0 Å². The van der Waals surface area contributed by atoms with E-state index in [0.717, 1.165) is 12.1 Å². The molecular weight excluding hydrogens is 344 g/mol. The topological polar surface area (TPSA) is 25.8 Å². The van der Waals surface area contributed by atoms with Gasteiger partial charge in [0.2, 0.25) is 0 Å². The summed E-state index contributed by atoms with van der Waals surface area (Å²) in [6.07, 6.45) is -4.44. The molecule has 0 fully saturated rings. The zero-order valence-electron chi connectivity index (χ0n) is 10.1. The Kier molecular flexibility index (Phi) is 3.55. The van der Waals surface area contributed by atoms with Crippen LogP contribution in [0.15, 0.2) is 29.6 Å². The van der Waals surface area contributed by atoms with Crippen LogP contribution in [0.4, 0.5) is 13.2 Å². The summed E-state index contributed by atoms with van der Waals surface area (Å²) in [5.41, 5.74) is -0.655. The number of hydrogen-bond donors (Lipinski definition) is 0. The van der Waals surface area contributed by atoms with E-state index in [4.69, 9.17) is 23.2 Å². The standard InChI is InChI=1S/C13H5Cl2F3N2S/c14-8-3-4-21-10(8)12-19-9-5-6(13(16,17)18)1-2-7(9)11(15)20-12/h1-5H. The van der Waals surface area contributed by atoms with Crippen LogP contribution in [-0.4, -0.2) is 9.97 Å². The zero-order chi connectivity index (χ0) is 15.2. The second kappa shape index (κ2) is 5.12. The average Bonchev–Trinajstić information content (AvgIpc) is 2.83. The number of rotatable bonds is 1. The van der Waals surface area contributed by atoms with E-state index < -0.39 is 11.7 Å². The first-order chi connectivity index (χ1) is 9.86. The van der Waals surface area contributed by atoms with E-state index in [1.807, 2.05) is 0 Å². The minimum Gasteiger partial charge on any atom is -0.227 e. The van der Waals surface area contributed by atoms with Crippen molar-refractivity contribution >= 4 is 45.4 Å². The molecule has 3 rings (SSSR count).